The zero-order valence-corrected chi connectivity index (χ0v) is 11.6. The van der Waals surface area contributed by atoms with E-state index in [0.29, 0.717) is 29.8 Å². The molecule has 1 aliphatic carbocycles. The Morgan fingerprint density at radius 2 is 1.90 bits per heavy atom. The Bertz CT molecular complexity index is 489. The number of benzene rings is 1. The van der Waals surface area contributed by atoms with Crippen molar-refractivity contribution in [3.05, 3.63) is 22.2 Å². The minimum Gasteiger partial charge on any atom is -0.493 e. The van der Waals surface area contributed by atoms with Crippen LogP contribution < -0.4 is 20.1 Å². The molecule has 1 saturated carbocycles. The first-order valence-electron chi connectivity index (χ1n) is 6.53. The van der Waals surface area contributed by atoms with Gasteiger partial charge in [-0.05, 0) is 12.8 Å². The van der Waals surface area contributed by atoms with E-state index in [0.717, 1.165) is 6.54 Å². The van der Waals surface area contributed by atoms with E-state index in [1.165, 1.54) is 33.1 Å². The number of hydrogen-bond donors (Lipinski definition) is 2. The van der Waals surface area contributed by atoms with E-state index < -0.39 is 4.92 Å². The molecule has 1 aromatic rings. The third kappa shape index (κ3) is 3.51. The van der Waals surface area contributed by atoms with E-state index in [9.17, 15) is 10.1 Å². The molecule has 0 atom stereocenters. The normalized spacial score (nSPS) is 13.9. The van der Waals surface area contributed by atoms with Crippen molar-refractivity contribution in [2.75, 3.05) is 32.6 Å². The van der Waals surface area contributed by atoms with E-state index in [2.05, 4.69) is 10.6 Å². The number of nitrogens with one attached hydrogen (secondary N) is 2. The maximum Gasteiger partial charge on any atom is 0.296 e. The van der Waals surface area contributed by atoms with Crippen LogP contribution in [0.1, 0.15) is 12.8 Å². The molecule has 7 heteroatoms. The van der Waals surface area contributed by atoms with Crippen LogP contribution in [0.5, 0.6) is 11.5 Å². The molecule has 110 valence electrons. The van der Waals surface area contributed by atoms with Crippen LogP contribution in [0.3, 0.4) is 0 Å². The molecule has 7 nitrogen and oxygen atoms in total. The SMILES string of the molecule is COc1cc(NCCNC2CC2)c([N+](=O)[O-])cc1OC. The van der Waals surface area contributed by atoms with Gasteiger partial charge in [-0.3, -0.25) is 10.1 Å². The van der Waals surface area contributed by atoms with Crippen molar-refractivity contribution in [1.82, 2.24) is 5.32 Å². The second-order valence-corrected chi connectivity index (χ2v) is 4.64. The van der Waals surface area contributed by atoms with Gasteiger partial charge < -0.3 is 20.1 Å². The number of methoxy groups -OCH3 is 2. The van der Waals surface area contributed by atoms with Crippen molar-refractivity contribution < 1.29 is 14.4 Å². The number of hydrogen-bond acceptors (Lipinski definition) is 6. The summed E-state index contributed by atoms with van der Waals surface area (Å²) in [4.78, 5) is 10.7. The lowest BCUT2D eigenvalue weighted by atomic mass is 10.2. The van der Waals surface area contributed by atoms with Gasteiger partial charge in [0.15, 0.2) is 11.5 Å². The molecular weight excluding hydrogens is 262 g/mol. The highest BCUT2D eigenvalue weighted by Gasteiger charge is 2.21. The zero-order chi connectivity index (χ0) is 14.5. The lowest BCUT2D eigenvalue weighted by Crippen LogP contribution is -2.24. The fourth-order valence-corrected chi connectivity index (χ4v) is 1.92. The Kier molecular flexibility index (Phi) is 4.62. The summed E-state index contributed by atoms with van der Waals surface area (Å²) >= 11 is 0. The monoisotopic (exact) mass is 281 g/mol. The average Bonchev–Trinajstić information content (AvgIpc) is 3.26. The topological polar surface area (TPSA) is 85.7 Å². The van der Waals surface area contributed by atoms with E-state index in [4.69, 9.17) is 9.47 Å². The van der Waals surface area contributed by atoms with Gasteiger partial charge in [-0.15, -0.1) is 0 Å². The van der Waals surface area contributed by atoms with Gasteiger partial charge in [0.2, 0.25) is 0 Å². The Hall–Kier alpha value is -2.02. The molecule has 2 rings (SSSR count). The Morgan fingerprint density at radius 3 is 2.45 bits per heavy atom. The van der Waals surface area contributed by atoms with Gasteiger partial charge in [-0.2, -0.15) is 0 Å². The third-order valence-corrected chi connectivity index (χ3v) is 3.15. The Labute approximate surface area is 117 Å². The fourth-order valence-electron chi connectivity index (χ4n) is 1.92. The maximum atomic E-state index is 11.1. The third-order valence-electron chi connectivity index (χ3n) is 3.15. The summed E-state index contributed by atoms with van der Waals surface area (Å²) in [6.07, 6.45) is 2.44. The Balaban J connectivity index is 2.08. The van der Waals surface area contributed by atoms with Crippen molar-refractivity contribution in [3.8, 4) is 11.5 Å². The van der Waals surface area contributed by atoms with Crippen LogP contribution in [-0.2, 0) is 0 Å². The first kappa shape index (κ1) is 14.4. The van der Waals surface area contributed by atoms with Crippen LogP contribution in [0.15, 0.2) is 12.1 Å². The number of rotatable bonds is 8. The summed E-state index contributed by atoms with van der Waals surface area (Å²) in [5.74, 6) is 0.816. The lowest BCUT2D eigenvalue weighted by Gasteiger charge is -2.12. The minimum atomic E-state index is -0.432. The maximum absolute atomic E-state index is 11.1. The van der Waals surface area contributed by atoms with Crippen molar-refractivity contribution in [3.63, 3.8) is 0 Å². The van der Waals surface area contributed by atoms with Crippen molar-refractivity contribution >= 4 is 11.4 Å². The van der Waals surface area contributed by atoms with Crippen molar-refractivity contribution in [1.29, 1.82) is 0 Å². The van der Waals surface area contributed by atoms with Crippen LogP contribution in [0, 0.1) is 10.1 Å². The molecule has 1 aromatic carbocycles. The molecular formula is C13H19N3O4. The summed E-state index contributed by atoms with van der Waals surface area (Å²) in [7, 11) is 2.95. The summed E-state index contributed by atoms with van der Waals surface area (Å²) in [6, 6.07) is 3.58. The molecule has 0 aliphatic heterocycles. The van der Waals surface area contributed by atoms with E-state index >= 15 is 0 Å². The van der Waals surface area contributed by atoms with Gasteiger partial charge in [-0.1, -0.05) is 0 Å². The van der Waals surface area contributed by atoms with Gasteiger partial charge in [0, 0.05) is 25.2 Å². The first-order chi connectivity index (χ1) is 9.65. The molecule has 0 radical (unpaired) electrons. The second kappa shape index (κ2) is 6.42. The standard InChI is InChI=1S/C13H19N3O4/c1-19-12-7-10(15-6-5-14-9-3-4-9)11(16(17)18)8-13(12)20-2/h7-9,14-15H,3-6H2,1-2H3. The molecule has 0 amide bonds. The number of ether oxygens (including phenoxy) is 2. The number of nitro benzene ring substituents is 1. The van der Waals surface area contributed by atoms with Crippen LogP contribution >= 0.6 is 0 Å². The summed E-state index contributed by atoms with van der Waals surface area (Å²) in [5, 5.41) is 17.5. The molecule has 0 bridgehead atoms. The van der Waals surface area contributed by atoms with Crippen molar-refractivity contribution in [2.24, 2.45) is 0 Å². The number of nitro groups is 1. The predicted octanol–water partition coefficient (Wildman–Crippen LogP) is 1.78. The molecule has 0 spiro atoms. The highest BCUT2D eigenvalue weighted by molar-refractivity contribution is 5.68. The first-order valence-corrected chi connectivity index (χ1v) is 6.53. The van der Waals surface area contributed by atoms with Crippen LogP contribution in [0.2, 0.25) is 0 Å². The molecule has 2 N–H and O–H groups in total. The molecule has 1 aliphatic rings. The number of anilines is 1. The molecule has 0 aromatic heterocycles. The Morgan fingerprint density at radius 1 is 1.25 bits per heavy atom. The second-order valence-electron chi connectivity index (χ2n) is 4.64. The largest absolute Gasteiger partial charge is 0.493 e. The van der Waals surface area contributed by atoms with Gasteiger partial charge in [-0.25, -0.2) is 0 Å². The van der Waals surface area contributed by atoms with Gasteiger partial charge in [0.1, 0.15) is 5.69 Å². The highest BCUT2D eigenvalue weighted by Crippen LogP contribution is 2.37. The summed E-state index contributed by atoms with van der Waals surface area (Å²) in [6.45, 7) is 1.39. The van der Waals surface area contributed by atoms with Crippen LogP contribution in [0.25, 0.3) is 0 Å². The average molecular weight is 281 g/mol. The van der Waals surface area contributed by atoms with E-state index in [-0.39, 0.29) is 5.69 Å². The fraction of sp³-hybridized carbons (Fsp3) is 0.538. The summed E-state index contributed by atoms with van der Waals surface area (Å²) < 4.78 is 10.2. The van der Waals surface area contributed by atoms with Gasteiger partial charge in [0.25, 0.3) is 5.69 Å². The molecule has 0 heterocycles. The number of nitrogens with zero attached hydrogens (tertiary/aromatic N) is 1. The van der Waals surface area contributed by atoms with Gasteiger partial charge in [0.05, 0.1) is 25.2 Å². The van der Waals surface area contributed by atoms with Crippen molar-refractivity contribution in [2.45, 2.75) is 18.9 Å². The minimum absolute atomic E-state index is 0.0194. The van der Waals surface area contributed by atoms with Gasteiger partial charge >= 0.3 is 0 Å². The quantitative estimate of drug-likeness (QED) is 0.429. The van der Waals surface area contributed by atoms with Crippen LogP contribution in [-0.4, -0.2) is 38.3 Å². The molecule has 1 fully saturated rings. The van der Waals surface area contributed by atoms with E-state index in [1.54, 1.807) is 6.07 Å². The molecule has 0 saturated heterocycles. The predicted molar refractivity (Wildman–Crippen MR) is 75.7 cm³/mol. The smallest absolute Gasteiger partial charge is 0.296 e. The van der Waals surface area contributed by atoms with E-state index in [1.807, 2.05) is 0 Å². The molecule has 0 unspecified atom stereocenters. The zero-order valence-electron chi connectivity index (χ0n) is 11.6. The summed E-state index contributed by atoms with van der Waals surface area (Å²) in [5.41, 5.74) is 0.416. The molecule has 20 heavy (non-hydrogen) atoms. The highest BCUT2D eigenvalue weighted by atomic mass is 16.6. The van der Waals surface area contributed by atoms with Crippen LogP contribution in [0.4, 0.5) is 11.4 Å². The lowest BCUT2D eigenvalue weighted by molar-refractivity contribution is -0.384.